The highest BCUT2D eigenvalue weighted by Gasteiger charge is 2.34. The Hall–Kier alpha value is -2.14. The maximum absolute atomic E-state index is 12.9. The lowest BCUT2D eigenvalue weighted by atomic mass is 10.1. The largest absolute Gasteiger partial charge is 0.454 e. The highest BCUT2D eigenvalue weighted by Crippen LogP contribution is 2.32. The lowest BCUT2D eigenvalue weighted by molar-refractivity contribution is -0.151. The fourth-order valence-corrected chi connectivity index (χ4v) is 4.15. The number of nitrogens with one attached hydrogen (secondary N) is 2. The third-order valence-electron chi connectivity index (χ3n) is 4.74. The molecule has 7 nitrogen and oxygen atoms in total. The summed E-state index contributed by atoms with van der Waals surface area (Å²) in [5.41, 5.74) is -1.13. The Bertz CT molecular complexity index is 882. The van der Waals surface area contributed by atoms with Crippen molar-refractivity contribution in [1.82, 2.24) is 10.0 Å². The van der Waals surface area contributed by atoms with Gasteiger partial charge in [-0.2, -0.15) is 17.9 Å². The van der Waals surface area contributed by atoms with Gasteiger partial charge in [0.25, 0.3) is 5.91 Å². The number of alkyl halides is 3. The summed E-state index contributed by atoms with van der Waals surface area (Å²) in [5.74, 6) is -1.67. The molecule has 1 saturated carbocycles. The average molecular weight is 450 g/mol. The highest BCUT2D eigenvalue weighted by molar-refractivity contribution is 7.89. The molecule has 168 valence electrons. The van der Waals surface area contributed by atoms with Crippen molar-refractivity contribution in [3.05, 3.63) is 29.8 Å². The molecule has 2 atom stereocenters. The minimum atomic E-state index is -4.72. The summed E-state index contributed by atoms with van der Waals surface area (Å²) in [7, 11) is -4.44. The first-order valence-corrected chi connectivity index (χ1v) is 10.9. The van der Waals surface area contributed by atoms with Crippen LogP contribution in [-0.4, -0.2) is 39.0 Å². The second kappa shape index (κ2) is 9.34. The first kappa shape index (κ1) is 24.1. The lowest BCUT2D eigenvalue weighted by Crippen LogP contribution is -2.46. The van der Waals surface area contributed by atoms with Gasteiger partial charge >= 0.3 is 12.1 Å². The molecular weight excluding hydrogens is 425 g/mol. The van der Waals surface area contributed by atoms with Crippen molar-refractivity contribution in [3.8, 4) is 0 Å². The van der Waals surface area contributed by atoms with Crippen molar-refractivity contribution < 1.29 is 35.9 Å². The van der Waals surface area contributed by atoms with E-state index in [0.717, 1.165) is 31.0 Å². The van der Waals surface area contributed by atoms with Gasteiger partial charge in [-0.15, -0.1) is 0 Å². The molecule has 2 rings (SSSR count). The van der Waals surface area contributed by atoms with Gasteiger partial charge in [0.05, 0.1) is 10.5 Å². The second-order valence-corrected chi connectivity index (χ2v) is 9.38. The quantitative estimate of drug-likeness (QED) is 0.563. The summed E-state index contributed by atoms with van der Waals surface area (Å²) in [6.45, 7) is 4.34. The van der Waals surface area contributed by atoms with Crippen LogP contribution in [0.5, 0.6) is 0 Å². The zero-order valence-corrected chi connectivity index (χ0v) is 17.6. The molecule has 2 N–H and O–H groups in total. The maximum atomic E-state index is 12.9. The SMILES string of the molecule is CC(NC(=O)COC(=O)[C@@H](NS(=O)(=O)c1cccc(C(F)(F)F)c1)C(C)C)C1CC1. The van der Waals surface area contributed by atoms with Gasteiger partial charge in [0.15, 0.2) is 6.61 Å². The molecule has 1 aromatic rings. The van der Waals surface area contributed by atoms with Gasteiger partial charge in [-0.1, -0.05) is 19.9 Å². The molecule has 0 heterocycles. The number of sulfonamides is 1. The van der Waals surface area contributed by atoms with Crippen molar-refractivity contribution in [1.29, 1.82) is 0 Å². The van der Waals surface area contributed by atoms with E-state index in [4.69, 9.17) is 4.74 Å². The normalized spacial score (nSPS) is 16.8. The van der Waals surface area contributed by atoms with Crippen LogP contribution < -0.4 is 10.0 Å². The van der Waals surface area contributed by atoms with Crippen LogP contribution >= 0.6 is 0 Å². The second-order valence-electron chi connectivity index (χ2n) is 7.67. The van der Waals surface area contributed by atoms with Gasteiger partial charge < -0.3 is 10.1 Å². The van der Waals surface area contributed by atoms with E-state index < -0.39 is 57.1 Å². The molecule has 30 heavy (non-hydrogen) atoms. The maximum Gasteiger partial charge on any atom is 0.416 e. The Labute approximate surface area is 173 Å². The summed E-state index contributed by atoms with van der Waals surface area (Å²) in [5, 5.41) is 2.70. The van der Waals surface area contributed by atoms with Crippen LogP contribution in [0, 0.1) is 11.8 Å². The lowest BCUT2D eigenvalue weighted by Gasteiger charge is -2.21. The minimum absolute atomic E-state index is 0.0449. The molecule has 1 aliphatic carbocycles. The summed E-state index contributed by atoms with van der Waals surface area (Å²) >= 11 is 0. The van der Waals surface area contributed by atoms with E-state index in [1.54, 1.807) is 0 Å². The zero-order valence-electron chi connectivity index (χ0n) is 16.8. The van der Waals surface area contributed by atoms with E-state index in [2.05, 4.69) is 10.0 Å². The van der Waals surface area contributed by atoms with E-state index >= 15 is 0 Å². The summed E-state index contributed by atoms with van der Waals surface area (Å²) in [4.78, 5) is 23.6. The summed E-state index contributed by atoms with van der Waals surface area (Å²) in [6.07, 6.45) is -2.67. The zero-order chi connectivity index (χ0) is 22.7. The first-order valence-electron chi connectivity index (χ1n) is 9.47. The molecule has 0 spiro atoms. The average Bonchev–Trinajstić information content (AvgIpc) is 3.48. The molecule has 1 fully saturated rings. The van der Waals surface area contributed by atoms with Gasteiger partial charge in [0.1, 0.15) is 6.04 Å². The molecule has 0 bridgehead atoms. The molecule has 0 aromatic heterocycles. The van der Waals surface area contributed by atoms with E-state index in [9.17, 15) is 31.2 Å². The Morgan fingerprint density at radius 3 is 2.37 bits per heavy atom. The molecule has 0 aliphatic heterocycles. The number of hydrogen-bond donors (Lipinski definition) is 2. The van der Waals surface area contributed by atoms with Crippen molar-refractivity contribution in [2.24, 2.45) is 11.8 Å². The number of carbonyl (C=O) groups excluding carboxylic acids is 2. The van der Waals surface area contributed by atoms with Crippen molar-refractivity contribution in [2.45, 2.75) is 56.8 Å². The molecule has 11 heteroatoms. The van der Waals surface area contributed by atoms with E-state index in [1.165, 1.54) is 13.8 Å². The number of amides is 1. The molecule has 0 saturated heterocycles. The molecular formula is C19H25F3N2O5S. The van der Waals surface area contributed by atoms with E-state index in [0.29, 0.717) is 12.0 Å². The topological polar surface area (TPSA) is 102 Å². The van der Waals surface area contributed by atoms with Gasteiger partial charge in [-0.05, 0) is 49.8 Å². The van der Waals surface area contributed by atoms with E-state index in [-0.39, 0.29) is 6.04 Å². The predicted molar refractivity (Wildman–Crippen MR) is 102 cm³/mol. The number of hydrogen-bond acceptors (Lipinski definition) is 5. The summed E-state index contributed by atoms with van der Waals surface area (Å²) < 4.78 is 70.7. The molecule has 1 amide bonds. The molecule has 1 unspecified atom stereocenters. The first-order chi connectivity index (χ1) is 13.8. The third-order valence-corrected chi connectivity index (χ3v) is 6.18. The van der Waals surface area contributed by atoms with Gasteiger partial charge in [0.2, 0.25) is 10.0 Å². The van der Waals surface area contributed by atoms with Crippen molar-refractivity contribution in [2.75, 3.05) is 6.61 Å². The number of ether oxygens (including phenoxy) is 1. The fraction of sp³-hybridized carbons (Fsp3) is 0.579. The third kappa shape index (κ3) is 6.69. The van der Waals surface area contributed by atoms with Gasteiger partial charge in [-0.3, -0.25) is 9.59 Å². The predicted octanol–water partition coefficient (Wildman–Crippen LogP) is 2.47. The standard InChI is InChI=1S/C19H25F3N2O5S/c1-11(2)17(18(26)29-10-16(25)23-12(3)13-7-8-13)24-30(27,28)15-6-4-5-14(9-15)19(20,21)22/h4-6,9,11-13,17,24H,7-8,10H2,1-3H3,(H,23,25)/t12?,17-/m0/s1. The van der Waals surface area contributed by atoms with Crippen LogP contribution in [0.1, 0.15) is 39.2 Å². The number of benzene rings is 1. The van der Waals surface area contributed by atoms with Gasteiger partial charge in [0, 0.05) is 6.04 Å². The van der Waals surface area contributed by atoms with Crippen LogP contribution in [-0.2, 0) is 30.5 Å². The van der Waals surface area contributed by atoms with Crippen LogP contribution in [0.25, 0.3) is 0 Å². The fourth-order valence-electron chi connectivity index (χ4n) is 2.77. The number of carbonyl (C=O) groups is 2. The van der Waals surface area contributed by atoms with Crippen LogP contribution in [0.4, 0.5) is 13.2 Å². The smallest absolute Gasteiger partial charge is 0.416 e. The van der Waals surface area contributed by atoms with Crippen molar-refractivity contribution in [3.63, 3.8) is 0 Å². The molecule has 0 radical (unpaired) electrons. The minimum Gasteiger partial charge on any atom is -0.454 e. The van der Waals surface area contributed by atoms with Crippen LogP contribution in [0.2, 0.25) is 0 Å². The molecule has 1 aromatic carbocycles. The van der Waals surface area contributed by atoms with E-state index in [1.807, 2.05) is 6.92 Å². The Balaban J connectivity index is 2.04. The number of esters is 1. The number of rotatable bonds is 9. The Kier molecular flexibility index (Phi) is 7.51. The monoisotopic (exact) mass is 450 g/mol. The Morgan fingerprint density at radius 2 is 1.83 bits per heavy atom. The van der Waals surface area contributed by atoms with Crippen LogP contribution in [0.15, 0.2) is 29.2 Å². The Morgan fingerprint density at radius 1 is 1.20 bits per heavy atom. The summed E-state index contributed by atoms with van der Waals surface area (Å²) in [6, 6.07) is 1.76. The van der Waals surface area contributed by atoms with Crippen molar-refractivity contribution >= 4 is 21.9 Å². The number of halogens is 3. The highest BCUT2D eigenvalue weighted by atomic mass is 32.2. The molecule has 1 aliphatic rings. The van der Waals surface area contributed by atoms with Crippen LogP contribution in [0.3, 0.4) is 0 Å². The van der Waals surface area contributed by atoms with Gasteiger partial charge in [-0.25, -0.2) is 8.42 Å².